The summed E-state index contributed by atoms with van der Waals surface area (Å²) in [6.45, 7) is 5.63. The van der Waals surface area contributed by atoms with Crippen molar-refractivity contribution in [1.82, 2.24) is 5.32 Å². The quantitative estimate of drug-likeness (QED) is 0.784. The third-order valence-corrected chi connectivity index (χ3v) is 4.22. The van der Waals surface area contributed by atoms with E-state index in [1.807, 2.05) is 32.9 Å². The molecule has 2 rings (SSSR count). The van der Waals surface area contributed by atoms with E-state index >= 15 is 0 Å². The van der Waals surface area contributed by atoms with Gasteiger partial charge in [0.1, 0.15) is 0 Å². The van der Waals surface area contributed by atoms with Crippen LogP contribution in [0.15, 0.2) is 18.2 Å². The number of hydrogen-bond acceptors (Lipinski definition) is 2. The van der Waals surface area contributed by atoms with Gasteiger partial charge < -0.3 is 16.0 Å². The summed E-state index contributed by atoms with van der Waals surface area (Å²) in [4.78, 5) is 23.9. The summed E-state index contributed by atoms with van der Waals surface area (Å²) in [7, 11) is 0. The van der Waals surface area contributed by atoms with Gasteiger partial charge in [0.2, 0.25) is 5.91 Å². The summed E-state index contributed by atoms with van der Waals surface area (Å²) in [5, 5.41) is 8.79. The van der Waals surface area contributed by atoms with Crippen LogP contribution in [-0.4, -0.2) is 18.0 Å². The van der Waals surface area contributed by atoms with E-state index in [2.05, 4.69) is 16.0 Å². The molecule has 5 nitrogen and oxygen atoms in total. The van der Waals surface area contributed by atoms with E-state index in [1.54, 1.807) is 6.07 Å². The summed E-state index contributed by atoms with van der Waals surface area (Å²) in [5.74, 6) is -0.117. The molecule has 1 aromatic carbocycles. The van der Waals surface area contributed by atoms with Crippen LogP contribution in [0.2, 0.25) is 0 Å². The van der Waals surface area contributed by atoms with Crippen LogP contribution >= 0.6 is 0 Å². The lowest BCUT2D eigenvalue weighted by molar-refractivity contribution is -0.118. The summed E-state index contributed by atoms with van der Waals surface area (Å²) in [5.41, 5.74) is 2.38. The second-order valence-corrected chi connectivity index (χ2v) is 6.61. The Labute approximate surface area is 138 Å². The van der Waals surface area contributed by atoms with Gasteiger partial charge in [0.15, 0.2) is 0 Å². The van der Waals surface area contributed by atoms with Gasteiger partial charge in [-0.3, -0.25) is 4.79 Å². The van der Waals surface area contributed by atoms with Gasteiger partial charge in [-0.05, 0) is 37.5 Å². The van der Waals surface area contributed by atoms with E-state index < -0.39 is 0 Å². The molecule has 1 fully saturated rings. The average molecular weight is 317 g/mol. The lowest BCUT2D eigenvalue weighted by Gasteiger charge is -2.23. The van der Waals surface area contributed by atoms with Gasteiger partial charge in [0.05, 0.1) is 0 Å². The van der Waals surface area contributed by atoms with E-state index in [1.165, 1.54) is 19.3 Å². The molecule has 3 N–H and O–H groups in total. The summed E-state index contributed by atoms with van der Waals surface area (Å²) in [6.07, 6.45) is 5.73. The number of urea groups is 1. The maximum Gasteiger partial charge on any atom is 0.319 e. The Morgan fingerprint density at radius 3 is 2.43 bits per heavy atom. The van der Waals surface area contributed by atoms with E-state index in [4.69, 9.17) is 0 Å². The molecular weight excluding hydrogens is 290 g/mol. The second-order valence-electron chi connectivity index (χ2n) is 6.61. The highest BCUT2D eigenvalue weighted by atomic mass is 16.2. The first-order valence-electron chi connectivity index (χ1n) is 8.44. The Balaban J connectivity index is 1.97. The summed E-state index contributed by atoms with van der Waals surface area (Å²) < 4.78 is 0. The standard InChI is InChI=1S/C18H27N3O2/c1-12(2)17(22)19-15-10-9-13(3)16(11-15)21-18(23)20-14-7-5-4-6-8-14/h9-12,14H,4-8H2,1-3H3,(H,19,22)(H2,20,21,23). The molecule has 0 heterocycles. The predicted octanol–water partition coefficient (Wildman–Crippen LogP) is 4.04. The Morgan fingerprint density at radius 1 is 1.09 bits per heavy atom. The zero-order valence-corrected chi connectivity index (χ0v) is 14.2. The molecular formula is C18H27N3O2. The molecule has 0 aromatic heterocycles. The molecule has 3 amide bonds. The molecule has 126 valence electrons. The minimum Gasteiger partial charge on any atom is -0.335 e. The monoisotopic (exact) mass is 317 g/mol. The highest BCUT2D eigenvalue weighted by Crippen LogP contribution is 2.21. The van der Waals surface area contributed by atoms with Gasteiger partial charge in [-0.1, -0.05) is 39.2 Å². The van der Waals surface area contributed by atoms with Gasteiger partial charge in [0.25, 0.3) is 0 Å². The lowest BCUT2D eigenvalue weighted by atomic mass is 9.96. The molecule has 0 atom stereocenters. The molecule has 0 aliphatic heterocycles. The van der Waals surface area contributed by atoms with Gasteiger partial charge in [0, 0.05) is 23.3 Å². The van der Waals surface area contributed by atoms with Crippen LogP contribution < -0.4 is 16.0 Å². The van der Waals surface area contributed by atoms with Crippen LogP contribution in [0, 0.1) is 12.8 Å². The van der Waals surface area contributed by atoms with Crippen molar-refractivity contribution in [3.8, 4) is 0 Å². The maximum atomic E-state index is 12.2. The molecule has 1 aromatic rings. The molecule has 0 bridgehead atoms. The fourth-order valence-electron chi connectivity index (χ4n) is 2.71. The third kappa shape index (κ3) is 5.27. The van der Waals surface area contributed by atoms with Crippen molar-refractivity contribution in [2.24, 2.45) is 5.92 Å². The number of anilines is 2. The first-order chi connectivity index (χ1) is 11.0. The largest absolute Gasteiger partial charge is 0.335 e. The Bertz CT molecular complexity index is 563. The fraction of sp³-hybridized carbons (Fsp3) is 0.556. The third-order valence-electron chi connectivity index (χ3n) is 4.22. The minimum absolute atomic E-state index is 0.0357. The summed E-state index contributed by atoms with van der Waals surface area (Å²) in [6, 6.07) is 5.64. The van der Waals surface area contributed by atoms with Gasteiger partial charge in [-0.25, -0.2) is 4.79 Å². The van der Waals surface area contributed by atoms with Crippen molar-refractivity contribution in [1.29, 1.82) is 0 Å². The first kappa shape index (κ1) is 17.3. The highest BCUT2D eigenvalue weighted by molar-refractivity contribution is 5.94. The number of nitrogens with one attached hydrogen (secondary N) is 3. The van der Waals surface area contributed by atoms with Crippen molar-refractivity contribution < 1.29 is 9.59 Å². The molecule has 0 spiro atoms. The molecule has 1 saturated carbocycles. The smallest absolute Gasteiger partial charge is 0.319 e. The average Bonchev–Trinajstić information content (AvgIpc) is 2.51. The Hall–Kier alpha value is -2.04. The number of hydrogen-bond donors (Lipinski definition) is 3. The van der Waals surface area contributed by atoms with E-state index in [9.17, 15) is 9.59 Å². The fourth-order valence-corrected chi connectivity index (χ4v) is 2.71. The van der Waals surface area contributed by atoms with E-state index in [0.717, 1.165) is 24.1 Å². The molecule has 1 aliphatic carbocycles. The topological polar surface area (TPSA) is 70.2 Å². The van der Waals surface area contributed by atoms with Gasteiger partial charge in [-0.15, -0.1) is 0 Å². The Morgan fingerprint density at radius 2 is 1.78 bits per heavy atom. The van der Waals surface area contributed by atoms with Crippen LogP contribution in [0.3, 0.4) is 0 Å². The normalized spacial score (nSPS) is 15.3. The molecule has 0 radical (unpaired) electrons. The first-order valence-corrected chi connectivity index (χ1v) is 8.44. The predicted molar refractivity (Wildman–Crippen MR) is 93.7 cm³/mol. The molecule has 23 heavy (non-hydrogen) atoms. The van der Waals surface area contributed by atoms with Crippen molar-refractivity contribution >= 4 is 23.3 Å². The number of benzene rings is 1. The SMILES string of the molecule is Cc1ccc(NC(=O)C(C)C)cc1NC(=O)NC1CCCCC1. The number of carbonyl (C=O) groups is 2. The van der Waals surface area contributed by atoms with Crippen molar-refractivity contribution in [3.63, 3.8) is 0 Å². The van der Waals surface area contributed by atoms with Crippen LogP contribution in [-0.2, 0) is 4.79 Å². The van der Waals surface area contributed by atoms with E-state index in [-0.39, 0.29) is 23.9 Å². The number of carbonyl (C=O) groups excluding carboxylic acids is 2. The van der Waals surface area contributed by atoms with Crippen LogP contribution in [0.25, 0.3) is 0 Å². The van der Waals surface area contributed by atoms with E-state index in [0.29, 0.717) is 5.69 Å². The molecule has 0 saturated heterocycles. The molecule has 0 unspecified atom stereocenters. The van der Waals surface area contributed by atoms with Crippen LogP contribution in [0.1, 0.15) is 51.5 Å². The zero-order chi connectivity index (χ0) is 16.8. The number of aryl methyl sites for hydroxylation is 1. The van der Waals surface area contributed by atoms with Crippen molar-refractivity contribution in [2.45, 2.75) is 58.9 Å². The molecule has 1 aliphatic rings. The van der Waals surface area contributed by atoms with Crippen molar-refractivity contribution in [3.05, 3.63) is 23.8 Å². The van der Waals surface area contributed by atoms with Crippen LogP contribution in [0.5, 0.6) is 0 Å². The Kier molecular flexibility index (Phi) is 6.02. The lowest BCUT2D eigenvalue weighted by Crippen LogP contribution is -2.39. The van der Waals surface area contributed by atoms with Crippen molar-refractivity contribution in [2.75, 3.05) is 10.6 Å². The highest BCUT2D eigenvalue weighted by Gasteiger charge is 2.16. The maximum absolute atomic E-state index is 12.2. The van der Waals surface area contributed by atoms with Crippen LogP contribution in [0.4, 0.5) is 16.2 Å². The number of rotatable bonds is 4. The van der Waals surface area contributed by atoms with Gasteiger partial charge in [-0.2, -0.15) is 0 Å². The minimum atomic E-state index is -0.174. The number of amides is 3. The second kappa shape index (κ2) is 7.99. The zero-order valence-electron chi connectivity index (χ0n) is 14.2. The summed E-state index contributed by atoms with van der Waals surface area (Å²) >= 11 is 0. The molecule has 5 heteroatoms. The van der Waals surface area contributed by atoms with Gasteiger partial charge >= 0.3 is 6.03 Å².